The summed E-state index contributed by atoms with van der Waals surface area (Å²) in [6.07, 6.45) is 6.15. The minimum Gasteiger partial charge on any atom is -0.461 e. The van der Waals surface area contributed by atoms with Crippen LogP contribution < -0.4 is 10.6 Å². The monoisotopic (exact) mass is 501 g/mol. The number of nitrogens with zero attached hydrogens (tertiary/aromatic N) is 4. The Kier molecular flexibility index (Phi) is 9.76. The molecule has 1 saturated heterocycles. The second-order valence-electron chi connectivity index (χ2n) is 7.14. The van der Waals surface area contributed by atoms with E-state index in [0.717, 1.165) is 50.2 Å². The molecule has 28 heavy (non-hydrogen) atoms. The van der Waals surface area contributed by atoms with Crippen LogP contribution in [0.2, 0.25) is 0 Å². The fourth-order valence-electron chi connectivity index (χ4n) is 3.24. The van der Waals surface area contributed by atoms with Gasteiger partial charge in [-0.25, -0.2) is 4.98 Å². The zero-order valence-electron chi connectivity index (χ0n) is 16.8. The van der Waals surface area contributed by atoms with E-state index in [1.54, 1.807) is 13.3 Å². The zero-order valence-corrected chi connectivity index (χ0v) is 19.1. The number of hydrogen-bond donors (Lipinski definition) is 3. The molecular formula is C19H32IN7O. The third-order valence-electron chi connectivity index (χ3n) is 4.97. The van der Waals surface area contributed by atoms with Crippen LogP contribution in [0.1, 0.15) is 32.0 Å². The Balaban J connectivity index is 0.00000280. The van der Waals surface area contributed by atoms with Crippen LogP contribution in [0.3, 0.4) is 0 Å². The van der Waals surface area contributed by atoms with Gasteiger partial charge in [-0.05, 0) is 56.9 Å². The predicted molar refractivity (Wildman–Crippen MR) is 122 cm³/mol. The van der Waals surface area contributed by atoms with Gasteiger partial charge in [-0.1, -0.05) is 6.92 Å². The van der Waals surface area contributed by atoms with Crippen molar-refractivity contribution in [3.8, 4) is 11.6 Å². The summed E-state index contributed by atoms with van der Waals surface area (Å²) in [6, 6.07) is 3.68. The van der Waals surface area contributed by atoms with E-state index in [0.29, 0.717) is 11.6 Å². The van der Waals surface area contributed by atoms with Crippen LogP contribution in [0.5, 0.6) is 0 Å². The number of rotatable bonds is 8. The van der Waals surface area contributed by atoms with Gasteiger partial charge in [0.25, 0.3) is 0 Å². The van der Waals surface area contributed by atoms with Crippen molar-refractivity contribution in [3.05, 3.63) is 24.2 Å². The van der Waals surface area contributed by atoms with Crippen LogP contribution in [0.15, 0.2) is 27.8 Å². The molecular weight excluding hydrogens is 469 g/mol. The standard InChI is InChI=1S/C19H31N7O.HI/c1-15-7-12-26(13-8-15)11-4-9-21-19(20-2)22-10-6-17-23-18(25-24-17)16-5-3-14-27-16;/h3,5,14-15H,4,6-13H2,1-2H3,(H2,20,21,22)(H,23,24,25);1H. The average Bonchev–Trinajstić information content (AvgIpc) is 3.36. The zero-order chi connectivity index (χ0) is 18.9. The lowest BCUT2D eigenvalue weighted by Gasteiger charge is -2.30. The molecule has 2 aromatic rings. The molecule has 8 nitrogen and oxygen atoms in total. The molecule has 2 aromatic heterocycles. The Morgan fingerprint density at radius 2 is 2.11 bits per heavy atom. The number of aromatic nitrogens is 3. The average molecular weight is 501 g/mol. The highest BCUT2D eigenvalue weighted by Gasteiger charge is 2.14. The van der Waals surface area contributed by atoms with Crippen molar-refractivity contribution in [2.75, 3.05) is 39.8 Å². The van der Waals surface area contributed by atoms with E-state index in [1.807, 2.05) is 12.1 Å². The molecule has 0 bridgehead atoms. The molecule has 0 aliphatic carbocycles. The normalized spacial score (nSPS) is 16.0. The number of hydrogen-bond acceptors (Lipinski definition) is 5. The van der Waals surface area contributed by atoms with Crippen LogP contribution in [-0.2, 0) is 6.42 Å². The van der Waals surface area contributed by atoms with E-state index in [-0.39, 0.29) is 24.0 Å². The Hall–Kier alpha value is -1.62. The van der Waals surface area contributed by atoms with Crippen LogP contribution in [-0.4, -0.2) is 65.8 Å². The molecule has 0 amide bonds. The molecule has 0 radical (unpaired) electrons. The minimum atomic E-state index is 0. The van der Waals surface area contributed by atoms with Gasteiger partial charge in [-0.15, -0.1) is 24.0 Å². The third-order valence-corrected chi connectivity index (χ3v) is 4.97. The Morgan fingerprint density at radius 1 is 1.32 bits per heavy atom. The van der Waals surface area contributed by atoms with E-state index in [4.69, 9.17) is 4.42 Å². The van der Waals surface area contributed by atoms with Gasteiger partial charge < -0.3 is 20.0 Å². The molecule has 3 rings (SSSR count). The summed E-state index contributed by atoms with van der Waals surface area (Å²) in [4.78, 5) is 11.3. The van der Waals surface area contributed by atoms with Crippen LogP contribution in [0, 0.1) is 5.92 Å². The van der Waals surface area contributed by atoms with E-state index in [1.165, 1.54) is 25.9 Å². The van der Waals surface area contributed by atoms with E-state index < -0.39 is 0 Å². The van der Waals surface area contributed by atoms with Crippen molar-refractivity contribution in [2.24, 2.45) is 10.9 Å². The van der Waals surface area contributed by atoms with Gasteiger partial charge in [0, 0.05) is 26.6 Å². The lowest BCUT2D eigenvalue weighted by Crippen LogP contribution is -2.40. The molecule has 0 aromatic carbocycles. The van der Waals surface area contributed by atoms with Gasteiger partial charge >= 0.3 is 0 Å². The summed E-state index contributed by atoms with van der Waals surface area (Å²) in [6.45, 7) is 7.65. The first-order valence-corrected chi connectivity index (χ1v) is 9.86. The highest BCUT2D eigenvalue weighted by molar-refractivity contribution is 14.0. The molecule has 3 heterocycles. The number of piperidine rings is 1. The highest BCUT2D eigenvalue weighted by Crippen LogP contribution is 2.16. The van der Waals surface area contributed by atoms with Crippen molar-refractivity contribution < 1.29 is 4.42 Å². The van der Waals surface area contributed by atoms with Gasteiger partial charge in [-0.3, -0.25) is 10.1 Å². The van der Waals surface area contributed by atoms with Crippen molar-refractivity contribution in [1.82, 2.24) is 30.7 Å². The third kappa shape index (κ3) is 7.08. The first kappa shape index (κ1) is 22.7. The fraction of sp³-hybridized carbons (Fsp3) is 0.632. The lowest BCUT2D eigenvalue weighted by molar-refractivity contribution is 0.191. The fourth-order valence-corrected chi connectivity index (χ4v) is 3.24. The molecule has 9 heteroatoms. The number of nitrogens with one attached hydrogen (secondary N) is 3. The number of halogens is 1. The SMILES string of the molecule is CN=C(NCCCN1CCC(C)CC1)NCCc1nc(-c2ccco2)n[nH]1.I. The number of H-pyrrole nitrogens is 1. The van der Waals surface area contributed by atoms with Crippen molar-refractivity contribution in [3.63, 3.8) is 0 Å². The van der Waals surface area contributed by atoms with Gasteiger partial charge in [0.05, 0.1) is 6.26 Å². The van der Waals surface area contributed by atoms with Gasteiger partial charge in [0.1, 0.15) is 5.82 Å². The van der Waals surface area contributed by atoms with Gasteiger partial charge in [-0.2, -0.15) is 5.10 Å². The summed E-state index contributed by atoms with van der Waals surface area (Å²) < 4.78 is 5.30. The summed E-state index contributed by atoms with van der Waals surface area (Å²) >= 11 is 0. The highest BCUT2D eigenvalue weighted by atomic mass is 127. The Labute approximate surface area is 184 Å². The Morgan fingerprint density at radius 3 is 2.82 bits per heavy atom. The molecule has 0 spiro atoms. The topological polar surface area (TPSA) is 94.4 Å². The Bertz CT molecular complexity index is 693. The second kappa shape index (κ2) is 12.1. The minimum absolute atomic E-state index is 0. The molecule has 1 aliphatic heterocycles. The maximum absolute atomic E-state index is 5.30. The molecule has 1 fully saturated rings. The van der Waals surface area contributed by atoms with Gasteiger partial charge in [0.15, 0.2) is 11.7 Å². The van der Waals surface area contributed by atoms with Crippen LogP contribution in [0.4, 0.5) is 0 Å². The maximum atomic E-state index is 5.30. The van der Waals surface area contributed by atoms with Crippen LogP contribution >= 0.6 is 24.0 Å². The largest absolute Gasteiger partial charge is 0.461 e. The summed E-state index contributed by atoms with van der Waals surface area (Å²) in [5.41, 5.74) is 0. The first-order chi connectivity index (χ1) is 13.2. The second-order valence-corrected chi connectivity index (χ2v) is 7.14. The number of aromatic amines is 1. The summed E-state index contributed by atoms with van der Waals surface area (Å²) in [5, 5.41) is 13.8. The number of likely N-dealkylation sites (tertiary alicyclic amines) is 1. The van der Waals surface area contributed by atoms with Crippen molar-refractivity contribution >= 4 is 29.9 Å². The number of furan rings is 1. The quantitative estimate of drug-likeness (QED) is 0.223. The molecule has 0 atom stereocenters. The molecule has 3 N–H and O–H groups in total. The lowest BCUT2D eigenvalue weighted by atomic mass is 9.99. The molecule has 0 saturated carbocycles. The predicted octanol–water partition coefficient (Wildman–Crippen LogP) is 2.51. The van der Waals surface area contributed by atoms with Crippen molar-refractivity contribution in [1.29, 1.82) is 0 Å². The smallest absolute Gasteiger partial charge is 0.216 e. The molecule has 1 aliphatic rings. The van der Waals surface area contributed by atoms with Crippen molar-refractivity contribution in [2.45, 2.75) is 32.6 Å². The maximum Gasteiger partial charge on any atom is 0.216 e. The molecule has 0 unspecified atom stereocenters. The summed E-state index contributed by atoms with van der Waals surface area (Å²) in [7, 11) is 1.80. The van der Waals surface area contributed by atoms with E-state index in [2.05, 4.69) is 42.6 Å². The van der Waals surface area contributed by atoms with E-state index >= 15 is 0 Å². The summed E-state index contributed by atoms with van der Waals surface area (Å²) in [5.74, 6) is 3.80. The van der Waals surface area contributed by atoms with E-state index in [9.17, 15) is 0 Å². The van der Waals surface area contributed by atoms with Gasteiger partial charge in [0.2, 0.25) is 5.82 Å². The number of aliphatic imine (C=N–C) groups is 1. The first-order valence-electron chi connectivity index (χ1n) is 9.86. The molecule has 156 valence electrons. The van der Waals surface area contributed by atoms with Crippen LogP contribution in [0.25, 0.3) is 11.6 Å². The number of guanidine groups is 1.